The molecule has 0 radical (unpaired) electrons. The molecular weight excluding hydrogens is 290 g/mol. The van der Waals surface area contributed by atoms with Gasteiger partial charge in [0.05, 0.1) is 11.2 Å². The van der Waals surface area contributed by atoms with E-state index in [9.17, 15) is 13.2 Å². The summed E-state index contributed by atoms with van der Waals surface area (Å²) in [6.45, 7) is 6.92. The third-order valence-electron chi connectivity index (χ3n) is 4.77. The van der Waals surface area contributed by atoms with Crippen LogP contribution in [0.1, 0.15) is 46.5 Å². The first-order valence-corrected chi connectivity index (χ1v) is 9.45. The molecule has 1 fully saturated rings. The van der Waals surface area contributed by atoms with Gasteiger partial charge in [-0.3, -0.25) is 4.79 Å². The lowest BCUT2D eigenvalue weighted by molar-refractivity contribution is -0.132. The number of rotatable bonds is 7. The van der Waals surface area contributed by atoms with Crippen molar-refractivity contribution in [1.82, 2.24) is 9.62 Å². The van der Waals surface area contributed by atoms with Crippen LogP contribution in [0.25, 0.3) is 0 Å². The zero-order valence-electron chi connectivity index (χ0n) is 13.4. The van der Waals surface area contributed by atoms with Crippen molar-refractivity contribution in [1.29, 1.82) is 0 Å². The molecule has 0 saturated carbocycles. The van der Waals surface area contributed by atoms with Crippen LogP contribution in [0, 0.1) is 5.41 Å². The quantitative estimate of drug-likeness (QED) is 0.722. The highest BCUT2D eigenvalue weighted by Gasteiger charge is 2.35. The number of amides is 1. The van der Waals surface area contributed by atoms with Crippen molar-refractivity contribution >= 4 is 15.9 Å². The number of hydrogen-bond donors (Lipinski definition) is 2. The van der Waals surface area contributed by atoms with Crippen LogP contribution in [0.15, 0.2) is 0 Å². The summed E-state index contributed by atoms with van der Waals surface area (Å²) in [7, 11) is -3.11. The Morgan fingerprint density at radius 2 is 1.76 bits per heavy atom. The Morgan fingerprint density at radius 1 is 1.24 bits per heavy atom. The second-order valence-corrected chi connectivity index (χ2v) is 8.00. The van der Waals surface area contributed by atoms with Gasteiger partial charge in [-0.05, 0) is 32.6 Å². The highest BCUT2D eigenvalue weighted by atomic mass is 32.2. The topological polar surface area (TPSA) is 92.5 Å². The predicted octanol–water partition coefficient (Wildman–Crippen LogP) is 0.682. The third kappa shape index (κ3) is 4.17. The molecule has 1 aliphatic rings. The van der Waals surface area contributed by atoms with Gasteiger partial charge in [0.2, 0.25) is 15.9 Å². The van der Waals surface area contributed by atoms with Gasteiger partial charge in [-0.1, -0.05) is 13.8 Å². The SMILES string of the molecule is CCC(CC)(CN)C(=O)NC1CCN(S(=O)(=O)CC)CC1. The standard InChI is InChI=1S/C14H29N3O3S/c1-4-14(5-2,11-15)13(18)16-12-7-9-17(10-8-12)21(19,20)6-3/h12H,4-11,15H2,1-3H3,(H,16,18). The summed E-state index contributed by atoms with van der Waals surface area (Å²) < 4.78 is 25.1. The van der Waals surface area contributed by atoms with Crippen LogP contribution in [-0.2, 0) is 14.8 Å². The van der Waals surface area contributed by atoms with Gasteiger partial charge in [0, 0.05) is 25.7 Å². The Kier molecular flexibility index (Phi) is 6.62. The fraction of sp³-hybridized carbons (Fsp3) is 0.929. The van der Waals surface area contributed by atoms with E-state index in [1.54, 1.807) is 6.92 Å². The summed E-state index contributed by atoms with van der Waals surface area (Å²) >= 11 is 0. The largest absolute Gasteiger partial charge is 0.353 e. The van der Waals surface area contributed by atoms with E-state index in [-0.39, 0.29) is 17.7 Å². The number of nitrogens with zero attached hydrogens (tertiary/aromatic N) is 1. The van der Waals surface area contributed by atoms with Gasteiger partial charge in [-0.25, -0.2) is 12.7 Å². The van der Waals surface area contributed by atoms with Gasteiger partial charge >= 0.3 is 0 Å². The summed E-state index contributed by atoms with van der Waals surface area (Å²) in [5, 5.41) is 3.06. The van der Waals surface area contributed by atoms with Crippen molar-refractivity contribution in [2.75, 3.05) is 25.4 Å². The monoisotopic (exact) mass is 319 g/mol. The second kappa shape index (κ2) is 7.56. The number of nitrogens with one attached hydrogen (secondary N) is 1. The first kappa shape index (κ1) is 18.4. The number of sulfonamides is 1. The Morgan fingerprint density at radius 3 is 2.14 bits per heavy atom. The van der Waals surface area contributed by atoms with Crippen LogP contribution in [0.4, 0.5) is 0 Å². The summed E-state index contributed by atoms with van der Waals surface area (Å²) in [4.78, 5) is 12.4. The maximum absolute atomic E-state index is 12.4. The minimum Gasteiger partial charge on any atom is -0.353 e. The second-order valence-electron chi connectivity index (χ2n) is 5.74. The molecule has 3 N–H and O–H groups in total. The van der Waals surface area contributed by atoms with Gasteiger partial charge < -0.3 is 11.1 Å². The molecule has 0 aromatic carbocycles. The lowest BCUT2D eigenvalue weighted by Gasteiger charge is -2.35. The molecule has 21 heavy (non-hydrogen) atoms. The molecule has 1 amide bonds. The van der Waals surface area contributed by atoms with E-state index >= 15 is 0 Å². The van der Waals surface area contributed by atoms with E-state index in [2.05, 4.69) is 5.32 Å². The van der Waals surface area contributed by atoms with Crippen molar-refractivity contribution in [3.05, 3.63) is 0 Å². The van der Waals surface area contributed by atoms with Crippen LogP contribution in [-0.4, -0.2) is 50.1 Å². The molecule has 1 heterocycles. The summed E-state index contributed by atoms with van der Waals surface area (Å²) in [5.74, 6) is 0.137. The average molecular weight is 319 g/mol. The van der Waals surface area contributed by atoms with Crippen LogP contribution in [0.5, 0.6) is 0 Å². The zero-order chi connectivity index (χ0) is 16.1. The van der Waals surface area contributed by atoms with Crippen molar-refractivity contribution in [3.63, 3.8) is 0 Å². The van der Waals surface area contributed by atoms with E-state index in [1.807, 2.05) is 13.8 Å². The number of carbonyl (C=O) groups excluding carboxylic acids is 1. The molecule has 1 rings (SSSR count). The van der Waals surface area contributed by atoms with Crippen LogP contribution >= 0.6 is 0 Å². The van der Waals surface area contributed by atoms with Gasteiger partial charge in [0.15, 0.2) is 0 Å². The Hall–Kier alpha value is -0.660. The summed E-state index contributed by atoms with van der Waals surface area (Å²) in [6, 6.07) is 0.0461. The molecule has 0 aromatic heterocycles. The molecule has 124 valence electrons. The van der Waals surface area contributed by atoms with E-state index in [4.69, 9.17) is 5.73 Å². The molecule has 1 aliphatic heterocycles. The minimum absolute atomic E-state index is 0.00630. The molecule has 6 nitrogen and oxygen atoms in total. The normalized spacial score (nSPS) is 18.7. The summed E-state index contributed by atoms with van der Waals surface area (Å²) in [5.41, 5.74) is 5.29. The molecule has 0 aromatic rings. The maximum atomic E-state index is 12.4. The lowest BCUT2D eigenvalue weighted by atomic mass is 9.81. The van der Waals surface area contributed by atoms with E-state index in [1.165, 1.54) is 4.31 Å². The number of hydrogen-bond acceptors (Lipinski definition) is 4. The lowest BCUT2D eigenvalue weighted by Crippen LogP contribution is -2.52. The minimum atomic E-state index is -3.11. The number of piperidine rings is 1. The van der Waals surface area contributed by atoms with Gasteiger partial charge in [-0.2, -0.15) is 0 Å². The van der Waals surface area contributed by atoms with Crippen molar-refractivity contribution in [2.24, 2.45) is 11.1 Å². The summed E-state index contributed by atoms with van der Waals surface area (Å²) in [6.07, 6.45) is 2.77. The number of nitrogens with two attached hydrogens (primary N) is 1. The first-order chi connectivity index (χ1) is 9.85. The molecule has 0 unspecified atom stereocenters. The van der Waals surface area contributed by atoms with Gasteiger partial charge in [0.25, 0.3) is 0 Å². The van der Waals surface area contributed by atoms with Crippen molar-refractivity contribution < 1.29 is 13.2 Å². The van der Waals surface area contributed by atoms with Crippen LogP contribution in [0.2, 0.25) is 0 Å². The molecule has 0 aliphatic carbocycles. The Balaban J connectivity index is 2.58. The van der Waals surface area contributed by atoms with Crippen molar-refractivity contribution in [3.8, 4) is 0 Å². The molecule has 1 saturated heterocycles. The predicted molar refractivity (Wildman–Crippen MR) is 84.3 cm³/mol. The molecule has 0 atom stereocenters. The Bertz CT molecular complexity index is 430. The maximum Gasteiger partial charge on any atom is 0.227 e. The molecule has 7 heteroatoms. The van der Waals surface area contributed by atoms with E-state index in [0.717, 1.165) is 12.8 Å². The van der Waals surface area contributed by atoms with E-state index in [0.29, 0.717) is 32.5 Å². The van der Waals surface area contributed by atoms with Crippen molar-refractivity contribution in [2.45, 2.75) is 52.5 Å². The fourth-order valence-electron chi connectivity index (χ4n) is 2.75. The number of carbonyl (C=O) groups is 1. The highest BCUT2D eigenvalue weighted by Crippen LogP contribution is 2.26. The Labute approximate surface area is 128 Å². The molecular formula is C14H29N3O3S. The third-order valence-corrected chi connectivity index (χ3v) is 6.65. The smallest absolute Gasteiger partial charge is 0.227 e. The highest BCUT2D eigenvalue weighted by molar-refractivity contribution is 7.89. The zero-order valence-corrected chi connectivity index (χ0v) is 14.2. The molecule has 0 spiro atoms. The van der Waals surface area contributed by atoms with Gasteiger partial charge in [0.1, 0.15) is 0 Å². The van der Waals surface area contributed by atoms with Crippen LogP contribution < -0.4 is 11.1 Å². The fourth-order valence-corrected chi connectivity index (χ4v) is 3.88. The van der Waals surface area contributed by atoms with E-state index < -0.39 is 15.4 Å². The van der Waals surface area contributed by atoms with Gasteiger partial charge in [-0.15, -0.1) is 0 Å². The first-order valence-electron chi connectivity index (χ1n) is 7.84. The average Bonchev–Trinajstić information content (AvgIpc) is 2.50. The van der Waals surface area contributed by atoms with Crippen LogP contribution in [0.3, 0.4) is 0 Å². The molecule has 0 bridgehead atoms.